The summed E-state index contributed by atoms with van der Waals surface area (Å²) in [5.41, 5.74) is 1.64. The molecule has 4 aromatic rings. The standard InChI is InChI=1S/C23H20ClF3N6S/c1-15-11-21(31-33(15)14-17-3-2-4-18(12-17)23(25,26)27)29-22(34)28-20-9-10-32(30-20)13-16-5-7-19(24)8-6-16/h2-12H,13-14H2,1H3,(H2,28,29,30,31,34). The number of nitrogens with one attached hydrogen (secondary N) is 2. The zero-order chi connectivity index (χ0) is 24.3. The highest BCUT2D eigenvalue weighted by Crippen LogP contribution is 2.29. The Hall–Kier alpha value is -3.37. The molecule has 2 heterocycles. The molecule has 0 amide bonds. The van der Waals surface area contributed by atoms with Crippen LogP contribution in [0, 0.1) is 6.92 Å². The molecule has 11 heteroatoms. The average molecular weight is 505 g/mol. The molecular weight excluding hydrogens is 485 g/mol. The van der Waals surface area contributed by atoms with Crippen molar-refractivity contribution in [2.24, 2.45) is 0 Å². The summed E-state index contributed by atoms with van der Waals surface area (Å²) >= 11 is 11.3. The largest absolute Gasteiger partial charge is 0.416 e. The minimum absolute atomic E-state index is 0.201. The van der Waals surface area contributed by atoms with Gasteiger partial charge in [-0.3, -0.25) is 9.36 Å². The lowest BCUT2D eigenvalue weighted by atomic mass is 10.1. The van der Waals surface area contributed by atoms with Gasteiger partial charge in [0, 0.05) is 29.0 Å². The quantitative estimate of drug-likeness (QED) is 0.317. The van der Waals surface area contributed by atoms with Crippen molar-refractivity contribution in [3.05, 3.63) is 94.3 Å². The first kappa shape index (κ1) is 23.8. The highest BCUT2D eigenvalue weighted by Gasteiger charge is 2.30. The van der Waals surface area contributed by atoms with Gasteiger partial charge in [-0.25, -0.2) is 0 Å². The summed E-state index contributed by atoms with van der Waals surface area (Å²) in [4.78, 5) is 0. The van der Waals surface area contributed by atoms with E-state index in [4.69, 9.17) is 23.8 Å². The fraction of sp³-hybridized carbons (Fsp3) is 0.174. The van der Waals surface area contributed by atoms with E-state index < -0.39 is 11.7 Å². The molecule has 0 bridgehead atoms. The van der Waals surface area contributed by atoms with Crippen LogP contribution in [0.4, 0.5) is 24.8 Å². The van der Waals surface area contributed by atoms with Crippen LogP contribution in [0.5, 0.6) is 0 Å². The van der Waals surface area contributed by atoms with Gasteiger partial charge in [-0.05, 0) is 54.5 Å². The van der Waals surface area contributed by atoms with Crippen molar-refractivity contribution >= 4 is 40.6 Å². The molecule has 0 radical (unpaired) electrons. The molecule has 0 unspecified atom stereocenters. The van der Waals surface area contributed by atoms with Gasteiger partial charge in [0.05, 0.1) is 18.7 Å². The fourth-order valence-electron chi connectivity index (χ4n) is 3.31. The fourth-order valence-corrected chi connectivity index (χ4v) is 3.64. The molecule has 0 fully saturated rings. The second-order valence-electron chi connectivity index (χ2n) is 7.63. The molecule has 0 aliphatic rings. The lowest BCUT2D eigenvalue weighted by molar-refractivity contribution is -0.137. The second-order valence-corrected chi connectivity index (χ2v) is 8.48. The summed E-state index contributed by atoms with van der Waals surface area (Å²) in [5.74, 6) is 1.04. The van der Waals surface area contributed by atoms with E-state index in [1.54, 1.807) is 27.6 Å². The number of benzene rings is 2. The van der Waals surface area contributed by atoms with Crippen molar-refractivity contribution in [1.82, 2.24) is 19.6 Å². The second kappa shape index (κ2) is 9.86. The van der Waals surface area contributed by atoms with E-state index in [1.165, 1.54) is 6.07 Å². The molecule has 0 saturated heterocycles. The third-order valence-electron chi connectivity index (χ3n) is 4.95. The van der Waals surface area contributed by atoms with E-state index in [0.29, 0.717) is 33.9 Å². The molecule has 0 spiro atoms. The van der Waals surface area contributed by atoms with Crippen LogP contribution in [0.2, 0.25) is 5.02 Å². The highest BCUT2D eigenvalue weighted by atomic mass is 35.5. The molecular formula is C23H20ClF3N6S. The first-order chi connectivity index (χ1) is 16.2. The summed E-state index contributed by atoms with van der Waals surface area (Å²) in [6.07, 6.45) is -2.56. The predicted molar refractivity (Wildman–Crippen MR) is 130 cm³/mol. The molecule has 2 aromatic carbocycles. The van der Waals surface area contributed by atoms with E-state index >= 15 is 0 Å². The van der Waals surface area contributed by atoms with Crippen LogP contribution in [-0.2, 0) is 19.3 Å². The SMILES string of the molecule is Cc1cc(NC(=S)Nc2ccn(Cc3ccc(Cl)cc3)n2)nn1Cc1cccc(C(F)(F)F)c1. The third-order valence-corrected chi connectivity index (χ3v) is 5.41. The number of nitrogens with zero attached hydrogens (tertiary/aromatic N) is 4. The normalized spacial score (nSPS) is 11.4. The molecule has 176 valence electrons. The van der Waals surface area contributed by atoms with Gasteiger partial charge in [-0.2, -0.15) is 23.4 Å². The third kappa shape index (κ3) is 6.15. The molecule has 34 heavy (non-hydrogen) atoms. The molecule has 0 saturated carbocycles. The van der Waals surface area contributed by atoms with Gasteiger partial charge < -0.3 is 10.6 Å². The van der Waals surface area contributed by atoms with Gasteiger partial charge in [-0.1, -0.05) is 35.9 Å². The number of aromatic nitrogens is 4. The van der Waals surface area contributed by atoms with Crippen LogP contribution in [0.15, 0.2) is 66.9 Å². The number of rotatable bonds is 6. The number of hydrogen-bond donors (Lipinski definition) is 2. The number of alkyl halides is 3. The minimum Gasteiger partial charge on any atom is -0.316 e. The van der Waals surface area contributed by atoms with Gasteiger partial charge in [0.25, 0.3) is 0 Å². The van der Waals surface area contributed by atoms with E-state index in [0.717, 1.165) is 23.4 Å². The van der Waals surface area contributed by atoms with Gasteiger partial charge >= 0.3 is 6.18 Å². The first-order valence-electron chi connectivity index (χ1n) is 10.2. The number of aryl methyl sites for hydroxylation is 1. The topological polar surface area (TPSA) is 59.7 Å². The molecule has 2 N–H and O–H groups in total. The van der Waals surface area contributed by atoms with Crippen molar-refractivity contribution in [3.8, 4) is 0 Å². The molecule has 2 aromatic heterocycles. The predicted octanol–water partition coefficient (Wildman–Crippen LogP) is 5.97. The van der Waals surface area contributed by atoms with Gasteiger partial charge in [-0.15, -0.1) is 0 Å². The Bertz CT molecular complexity index is 1300. The van der Waals surface area contributed by atoms with Crippen LogP contribution < -0.4 is 10.6 Å². The number of thiocarbonyl (C=S) groups is 1. The number of anilines is 2. The maximum absolute atomic E-state index is 13.0. The first-order valence-corrected chi connectivity index (χ1v) is 11.0. The minimum atomic E-state index is -4.39. The Morgan fingerprint density at radius 3 is 2.41 bits per heavy atom. The number of halogens is 4. The molecule has 4 rings (SSSR count). The summed E-state index contributed by atoms with van der Waals surface area (Å²) in [5, 5.41) is 15.8. The summed E-state index contributed by atoms with van der Waals surface area (Å²) in [7, 11) is 0. The molecule has 0 aliphatic heterocycles. The smallest absolute Gasteiger partial charge is 0.316 e. The molecule has 0 aliphatic carbocycles. The van der Waals surface area contributed by atoms with E-state index in [-0.39, 0.29) is 6.54 Å². The van der Waals surface area contributed by atoms with E-state index in [1.807, 2.05) is 37.4 Å². The van der Waals surface area contributed by atoms with Crippen LogP contribution in [0.25, 0.3) is 0 Å². The van der Waals surface area contributed by atoms with E-state index in [2.05, 4.69) is 20.8 Å². The lowest BCUT2D eigenvalue weighted by Crippen LogP contribution is -2.20. The molecule has 6 nitrogen and oxygen atoms in total. The van der Waals surface area contributed by atoms with Crippen molar-refractivity contribution < 1.29 is 13.2 Å². The van der Waals surface area contributed by atoms with Crippen LogP contribution >= 0.6 is 23.8 Å². The Balaban J connectivity index is 1.36. The monoisotopic (exact) mass is 504 g/mol. The zero-order valence-electron chi connectivity index (χ0n) is 18.0. The summed E-state index contributed by atoms with van der Waals surface area (Å²) in [6, 6.07) is 16.3. The average Bonchev–Trinajstić information content (AvgIpc) is 3.35. The van der Waals surface area contributed by atoms with E-state index in [9.17, 15) is 13.2 Å². The Kier molecular flexibility index (Phi) is 6.90. The Labute approximate surface area is 204 Å². The highest BCUT2D eigenvalue weighted by molar-refractivity contribution is 7.80. The van der Waals surface area contributed by atoms with Crippen LogP contribution in [-0.4, -0.2) is 24.7 Å². The van der Waals surface area contributed by atoms with Gasteiger partial charge in [0.2, 0.25) is 0 Å². The van der Waals surface area contributed by atoms with Crippen LogP contribution in [0.1, 0.15) is 22.4 Å². The van der Waals surface area contributed by atoms with Crippen molar-refractivity contribution in [2.45, 2.75) is 26.2 Å². The Morgan fingerprint density at radius 1 is 0.941 bits per heavy atom. The van der Waals surface area contributed by atoms with Gasteiger partial charge in [0.1, 0.15) is 0 Å². The summed E-state index contributed by atoms with van der Waals surface area (Å²) in [6.45, 7) is 2.60. The summed E-state index contributed by atoms with van der Waals surface area (Å²) < 4.78 is 42.3. The number of hydrogen-bond acceptors (Lipinski definition) is 3. The zero-order valence-corrected chi connectivity index (χ0v) is 19.5. The van der Waals surface area contributed by atoms with Crippen molar-refractivity contribution in [3.63, 3.8) is 0 Å². The van der Waals surface area contributed by atoms with Gasteiger partial charge in [0.15, 0.2) is 16.7 Å². The molecule has 0 atom stereocenters. The van der Waals surface area contributed by atoms with Crippen molar-refractivity contribution in [2.75, 3.05) is 10.6 Å². The Morgan fingerprint density at radius 2 is 1.68 bits per heavy atom. The maximum atomic E-state index is 13.0. The van der Waals surface area contributed by atoms with Crippen molar-refractivity contribution in [1.29, 1.82) is 0 Å². The van der Waals surface area contributed by atoms with Crippen LogP contribution in [0.3, 0.4) is 0 Å². The maximum Gasteiger partial charge on any atom is 0.416 e. The lowest BCUT2D eigenvalue weighted by Gasteiger charge is -2.10.